The summed E-state index contributed by atoms with van der Waals surface area (Å²) < 4.78 is 27.5. The van der Waals surface area contributed by atoms with Crippen molar-refractivity contribution in [2.75, 3.05) is 12.5 Å². The number of hydrogen-bond donors (Lipinski definition) is 2. The van der Waals surface area contributed by atoms with E-state index in [0.29, 0.717) is 10.7 Å². The number of benzene rings is 1. The summed E-state index contributed by atoms with van der Waals surface area (Å²) in [6.07, 6.45) is 6.44. The van der Waals surface area contributed by atoms with Crippen molar-refractivity contribution in [1.82, 2.24) is 4.98 Å². The molecule has 1 heterocycles. The van der Waals surface area contributed by atoms with Crippen LogP contribution in [0.15, 0.2) is 35.5 Å². The quantitative estimate of drug-likeness (QED) is 0.195. The van der Waals surface area contributed by atoms with E-state index in [4.69, 9.17) is 22.2 Å². The van der Waals surface area contributed by atoms with Gasteiger partial charge < -0.3 is 5.73 Å². The number of rotatable bonds is 9. The van der Waals surface area contributed by atoms with E-state index in [2.05, 4.69) is 50.1 Å². The number of unbranched alkanes of at least 4 members (excludes halogenated alkanes) is 1. The first-order valence-electron chi connectivity index (χ1n) is 12.4. The zero-order valence-corrected chi connectivity index (χ0v) is 24.2. The van der Waals surface area contributed by atoms with E-state index in [1.165, 1.54) is 51.1 Å². The third-order valence-electron chi connectivity index (χ3n) is 5.47. The van der Waals surface area contributed by atoms with Gasteiger partial charge in [0, 0.05) is 24.2 Å². The second-order valence-corrected chi connectivity index (χ2v) is 10.2. The molecule has 0 spiro atoms. The van der Waals surface area contributed by atoms with Gasteiger partial charge in [0.15, 0.2) is 0 Å². The van der Waals surface area contributed by atoms with E-state index in [-0.39, 0.29) is 17.6 Å². The molecule has 0 aliphatic rings. The van der Waals surface area contributed by atoms with Crippen molar-refractivity contribution in [2.24, 2.45) is 16.1 Å². The van der Waals surface area contributed by atoms with Gasteiger partial charge in [0.2, 0.25) is 0 Å². The third-order valence-corrected chi connectivity index (χ3v) is 5.68. The Kier molecular flexibility index (Phi) is 15.5. The van der Waals surface area contributed by atoms with Crippen LogP contribution in [-0.2, 0) is 17.1 Å². The highest BCUT2D eigenvalue weighted by Crippen LogP contribution is 2.29. The van der Waals surface area contributed by atoms with Crippen LogP contribution in [0.3, 0.4) is 0 Å². The Morgan fingerprint density at radius 1 is 1.11 bits per heavy atom. The van der Waals surface area contributed by atoms with Crippen molar-refractivity contribution >= 4 is 23.1 Å². The normalized spacial score (nSPS) is 11.7. The topological polar surface area (TPSA) is 72.5 Å². The first kappa shape index (κ1) is 33.8. The summed E-state index contributed by atoms with van der Waals surface area (Å²) >= 11 is 5.83. The highest BCUT2D eigenvalue weighted by molar-refractivity contribution is 6.30. The minimum Gasteiger partial charge on any atom is -0.387 e. The predicted octanol–water partition coefficient (Wildman–Crippen LogP) is 8.54. The highest BCUT2D eigenvalue weighted by Gasteiger charge is 2.23. The molecule has 8 heteroatoms. The van der Waals surface area contributed by atoms with Crippen LogP contribution in [0.1, 0.15) is 91.0 Å². The van der Waals surface area contributed by atoms with Gasteiger partial charge in [0.1, 0.15) is 18.1 Å². The third kappa shape index (κ3) is 12.6. The van der Waals surface area contributed by atoms with Gasteiger partial charge in [-0.2, -0.15) is 0 Å². The van der Waals surface area contributed by atoms with E-state index in [1.807, 2.05) is 6.92 Å². The van der Waals surface area contributed by atoms with Gasteiger partial charge in [0.05, 0.1) is 22.2 Å². The molecule has 36 heavy (non-hydrogen) atoms. The van der Waals surface area contributed by atoms with Crippen LogP contribution in [0.25, 0.3) is 0 Å². The van der Waals surface area contributed by atoms with Crippen LogP contribution in [0.2, 0.25) is 5.02 Å². The minimum atomic E-state index is -1.77. The molecule has 0 aliphatic heterocycles. The van der Waals surface area contributed by atoms with Crippen LogP contribution < -0.4 is 11.2 Å². The number of nitrogens with one attached hydrogen (secondary N) is 1. The molecule has 1 aromatic carbocycles. The van der Waals surface area contributed by atoms with Crippen molar-refractivity contribution in [3.8, 4) is 0 Å². The largest absolute Gasteiger partial charge is 0.387 e. The molecule has 204 valence electrons. The van der Waals surface area contributed by atoms with Crippen LogP contribution in [0.5, 0.6) is 0 Å². The smallest absolute Gasteiger partial charge is 0.133 e. The molecule has 2 rings (SSSR count). The average molecular weight is 527 g/mol. The van der Waals surface area contributed by atoms with Crippen molar-refractivity contribution in [1.29, 1.82) is 0 Å². The number of amidine groups is 1. The summed E-state index contributed by atoms with van der Waals surface area (Å²) in [7, 11) is 1.74. The lowest BCUT2D eigenvalue weighted by Crippen LogP contribution is -2.31. The van der Waals surface area contributed by atoms with Crippen molar-refractivity contribution < 1.29 is 13.6 Å². The summed E-state index contributed by atoms with van der Waals surface area (Å²) in [5.74, 6) is 0.169. The monoisotopic (exact) mass is 526 g/mol. The maximum absolute atomic E-state index is 13.9. The number of aliphatic imine (C=N–C) groups is 1. The maximum Gasteiger partial charge on any atom is 0.133 e. The van der Waals surface area contributed by atoms with Crippen LogP contribution in [-0.4, -0.2) is 17.9 Å². The average Bonchev–Trinajstić information content (AvgIpc) is 2.80. The highest BCUT2D eigenvalue weighted by atomic mass is 35.5. The number of nitrogens with zero attached hydrogens (tertiary/aromatic N) is 2. The number of aryl methyl sites for hydroxylation is 1. The second-order valence-electron chi connectivity index (χ2n) is 9.72. The van der Waals surface area contributed by atoms with Crippen LogP contribution >= 0.6 is 11.6 Å². The lowest BCUT2D eigenvalue weighted by Gasteiger charge is -2.22. The molecule has 5 nitrogen and oxygen atoms in total. The SMILES string of the molecule is CCCC.CCCC(C)(C)C(N)=NC.Cc1cc(Cl)cnc1CONc1ccc(F)c(C(C)(C)F)c1. The van der Waals surface area contributed by atoms with Crippen molar-refractivity contribution in [2.45, 2.75) is 93.3 Å². The van der Waals surface area contributed by atoms with Gasteiger partial charge >= 0.3 is 0 Å². The zero-order chi connectivity index (χ0) is 27.9. The maximum atomic E-state index is 13.9. The molecule has 1 aromatic heterocycles. The first-order valence-corrected chi connectivity index (χ1v) is 12.8. The fourth-order valence-electron chi connectivity index (χ4n) is 3.01. The Hall–Kier alpha value is -2.25. The molecule has 0 saturated carbocycles. The minimum absolute atomic E-state index is 0.0260. The van der Waals surface area contributed by atoms with Gasteiger partial charge in [-0.15, -0.1) is 0 Å². The fraction of sp³-hybridized carbons (Fsp3) is 0.571. The molecular weight excluding hydrogens is 482 g/mol. The summed E-state index contributed by atoms with van der Waals surface area (Å²) in [5.41, 5.74) is 8.74. The first-order chi connectivity index (χ1) is 16.7. The fourth-order valence-corrected chi connectivity index (χ4v) is 3.22. The number of hydrogen-bond acceptors (Lipinski definition) is 4. The summed E-state index contributed by atoms with van der Waals surface area (Å²) in [5, 5.41) is 0.558. The van der Waals surface area contributed by atoms with Crippen molar-refractivity contribution in [3.05, 3.63) is 58.1 Å². The number of halogens is 3. The lowest BCUT2D eigenvalue weighted by molar-refractivity contribution is 0.176. The lowest BCUT2D eigenvalue weighted by atomic mass is 9.87. The molecule has 3 N–H and O–H groups in total. The molecular formula is C28H45ClF2N4O. The molecule has 2 aromatic rings. The Morgan fingerprint density at radius 3 is 2.19 bits per heavy atom. The summed E-state index contributed by atoms with van der Waals surface area (Å²) in [4.78, 5) is 13.5. The number of anilines is 1. The number of pyridine rings is 1. The van der Waals surface area contributed by atoms with E-state index in [9.17, 15) is 8.78 Å². The summed E-state index contributed by atoms with van der Waals surface area (Å²) in [6.45, 7) is 15.4. The molecule has 0 amide bonds. The van der Waals surface area contributed by atoms with Gasteiger partial charge in [-0.25, -0.2) is 8.78 Å². The molecule has 0 saturated heterocycles. The molecule has 0 radical (unpaired) electrons. The molecule has 0 aliphatic carbocycles. The van der Waals surface area contributed by atoms with Gasteiger partial charge in [-0.3, -0.25) is 20.3 Å². The zero-order valence-electron chi connectivity index (χ0n) is 23.4. The molecule has 0 bridgehead atoms. The number of aromatic nitrogens is 1. The van der Waals surface area contributed by atoms with Gasteiger partial charge in [0.25, 0.3) is 0 Å². The predicted molar refractivity (Wildman–Crippen MR) is 150 cm³/mol. The molecule has 0 unspecified atom stereocenters. The number of nitrogens with two attached hydrogens (primary N) is 1. The summed E-state index contributed by atoms with van der Waals surface area (Å²) in [6, 6.07) is 5.85. The van der Waals surface area contributed by atoms with Crippen LogP contribution in [0, 0.1) is 18.2 Å². The Bertz CT molecular complexity index is 942. The van der Waals surface area contributed by atoms with E-state index in [1.54, 1.807) is 13.1 Å². The Labute approximate surface area is 221 Å². The Morgan fingerprint density at radius 2 is 1.72 bits per heavy atom. The van der Waals surface area contributed by atoms with E-state index < -0.39 is 11.5 Å². The van der Waals surface area contributed by atoms with E-state index >= 15 is 0 Å². The van der Waals surface area contributed by atoms with E-state index in [0.717, 1.165) is 29.9 Å². The molecule has 0 fully saturated rings. The second kappa shape index (κ2) is 16.5. The van der Waals surface area contributed by atoms with Gasteiger partial charge in [-0.05, 0) is 57.0 Å². The Balaban J connectivity index is 0.000000729. The van der Waals surface area contributed by atoms with Gasteiger partial charge in [-0.1, -0.05) is 65.5 Å². The van der Waals surface area contributed by atoms with Crippen molar-refractivity contribution in [3.63, 3.8) is 0 Å². The standard InChI is InChI=1S/C16H17ClF2N2O.C8H18N2.C4H10/c1-10-6-11(17)8-20-15(10)9-22-21-12-4-5-14(18)13(7-12)16(2,3)19;1-5-6-8(2,3)7(9)10-4;1-3-4-2/h4-8,21H,9H2,1-3H3;5-6H2,1-4H3,(H2,9,10);3-4H2,1-2H3. The van der Waals surface area contributed by atoms with Crippen LogP contribution in [0.4, 0.5) is 14.5 Å². The number of alkyl halides is 1. The molecule has 0 atom stereocenters.